The van der Waals surface area contributed by atoms with E-state index in [1.165, 1.54) is 0 Å². The van der Waals surface area contributed by atoms with Crippen LogP contribution >= 0.6 is 116 Å². The van der Waals surface area contributed by atoms with Crippen LogP contribution in [0, 0.1) is 0 Å². The van der Waals surface area contributed by atoms with Crippen molar-refractivity contribution in [2.45, 2.75) is 0 Å². The fraction of sp³-hybridized carbons (Fsp3) is 0. The van der Waals surface area contributed by atoms with E-state index < -0.39 is 0 Å². The molecule has 14 heteroatoms. The SMILES string of the molecule is Oc1c(Cl)c(Cl)c(Cl)c(Cl)c1Cl.Oc1c(Cl)c(Cl)c(Cl)c(Cl)c1Cl.[Na].[Na]. The molecule has 2 N–H and O–H groups in total. The van der Waals surface area contributed by atoms with Crippen LogP contribution in [-0.2, 0) is 0 Å². The van der Waals surface area contributed by atoms with E-state index in [1.54, 1.807) is 0 Å². The van der Waals surface area contributed by atoms with Crippen LogP contribution in [0.4, 0.5) is 0 Å². The molecule has 2 aromatic carbocycles. The predicted octanol–water partition coefficient (Wildman–Crippen LogP) is 8.56. The second-order valence-electron chi connectivity index (χ2n) is 3.84. The summed E-state index contributed by atoms with van der Waals surface area (Å²) in [5, 5.41) is 18.0. The first kappa shape index (κ1) is 31.1. The zero-order valence-electron chi connectivity index (χ0n) is 12.7. The third-order valence-corrected chi connectivity index (χ3v) is 6.89. The Kier molecular flexibility index (Phi) is 16.0. The summed E-state index contributed by atoms with van der Waals surface area (Å²) in [6.07, 6.45) is 0. The third-order valence-electron chi connectivity index (χ3n) is 2.37. The van der Waals surface area contributed by atoms with Gasteiger partial charge in [0.15, 0.2) is 11.5 Å². The monoisotopic (exact) mass is 574 g/mol. The molecule has 0 spiro atoms. The van der Waals surface area contributed by atoms with Gasteiger partial charge in [-0.05, 0) is 0 Å². The van der Waals surface area contributed by atoms with Gasteiger partial charge in [-0.3, -0.25) is 0 Å². The molecule has 2 rings (SSSR count). The number of benzene rings is 2. The maximum absolute atomic E-state index is 9.20. The van der Waals surface area contributed by atoms with Crippen molar-refractivity contribution in [3.63, 3.8) is 0 Å². The van der Waals surface area contributed by atoms with E-state index in [-0.39, 0.29) is 121 Å². The van der Waals surface area contributed by atoms with Crippen LogP contribution < -0.4 is 0 Å². The smallest absolute Gasteiger partial charge is 0.155 e. The average Bonchev–Trinajstić information content (AvgIpc) is 2.58. The van der Waals surface area contributed by atoms with Gasteiger partial charge < -0.3 is 10.2 Å². The minimum Gasteiger partial charge on any atom is -0.505 e. The fourth-order valence-electron chi connectivity index (χ4n) is 1.19. The molecule has 2 nitrogen and oxygen atoms in total. The van der Waals surface area contributed by atoms with Gasteiger partial charge in [-0.1, -0.05) is 116 Å². The number of halogens is 10. The maximum atomic E-state index is 9.20. The van der Waals surface area contributed by atoms with Gasteiger partial charge in [0.2, 0.25) is 0 Å². The molecular weight excluding hydrogens is 577 g/mol. The maximum Gasteiger partial charge on any atom is 0.155 e. The van der Waals surface area contributed by atoms with Crippen molar-refractivity contribution in [3.8, 4) is 11.5 Å². The Labute approximate surface area is 243 Å². The quantitative estimate of drug-likeness (QED) is 0.187. The molecule has 0 amide bonds. The molecule has 26 heavy (non-hydrogen) atoms. The summed E-state index contributed by atoms with van der Waals surface area (Å²) >= 11 is 55.8. The summed E-state index contributed by atoms with van der Waals surface area (Å²) in [6.45, 7) is 0. The summed E-state index contributed by atoms with van der Waals surface area (Å²) in [5.41, 5.74) is 0. The number of phenolic OH excluding ortho intramolecular Hbond substituents is 2. The zero-order valence-corrected chi connectivity index (χ0v) is 24.2. The van der Waals surface area contributed by atoms with Crippen LogP contribution in [0.2, 0.25) is 50.2 Å². The molecule has 0 saturated heterocycles. The minimum atomic E-state index is -0.363. The molecule has 0 unspecified atom stereocenters. The van der Waals surface area contributed by atoms with Crippen LogP contribution in [-0.4, -0.2) is 69.3 Å². The van der Waals surface area contributed by atoms with Gasteiger partial charge >= 0.3 is 0 Å². The molecule has 0 saturated carbocycles. The number of aromatic hydroxyl groups is 2. The molecular formula is C12H2Cl10Na2O2. The Balaban J connectivity index is 0. The first-order valence-electron chi connectivity index (χ1n) is 5.34. The molecule has 2 aromatic rings. The summed E-state index contributed by atoms with van der Waals surface area (Å²) in [7, 11) is 0. The van der Waals surface area contributed by atoms with E-state index in [2.05, 4.69) is 0 Å². The van der Waals surface area contributed by atoms with Gasteiger partial charge in [-0.15, -0.1) is 0 Å². The van der Waals surface area contributed by atoms with E-state index in [0.29, 0.717) is 0 Å². The van der Waals surface area contributed by atoms with E-state index in [4.69, 9.17) is 116 Å². The Morgan fingerprint density at radius 1 is 0.308 bits per heavy atom. The fourth-order valence-corrected chi connectivity index (χ4v) is 3.44. The van der Waals surface area contributed by atoms with Gasteiger partial charge in [0.05, 0.1) is 30.1 Å². The second kappa shape index (κ2) is 13.4. The van der Waals surface area contributed by atoms with Crippen molar-refractivity contribution in [3.05, 3.63) is 50.2 Å². The average molecular weight is 579 g/mol. The molecule has 0 aliphatic rings. The number of rotatable bonds is 0. The first-order chi connectivity index (χ1) is 10.9. The van der Waals surface area contributed by atoms with E-state index in [1.807, 2.05) is 0 Å². The Hall–Kier alpha value is 2.94. The van der Waals surface area contributed by atoms with Crippen molar-refractivity contribution < 1.29 is 10.2 Å². The Morgan fingerprint density at radius 3 is 0.577 bits per heavy atom. The molecule has 0 aromatic heterocycles. The largest absolute Gasteiger partial charge is 0.505 e. The Morgan fingerprint density at radius 2 is 0.423 bits per heavy atom. The third kappa shape index (κ3) is 6.99. The van der Waals surface area contributed by atoms with Crippen LogP contribution in [0.15, 0.2) is 0 Å². The van der Waals surface area contributed by atoms with E-state index >= 15 is 0 Å². The molecule has 0 aliphatic carbocycles. The first-order valence-corrected chi connectivity index (χ1v) is 9.12. The van der Waals surface area contributed by atoms with Gasteiger partial charge in [0.1, 0.15) is 20.1 Å². The van der Waals surface area contributed by atoms with E-state index in [0.717, 1.165) is 0 Å². The minimum absolute atomic E-state index is 0. The number of hydrogen-bond donors (Lipinski definition) is 2. The number of hydrogen-bond acceptors (Lipinski definition) is 2. The van der Waals surface area contributed by atoms with Crippen LogP contribution in [0.3, 0.4) is 0 Å². The van der Waals surface area contributed by atoms with Crippen LogP contribution in [0.25, 0.3) is 0 Å². The second-order valence-corrected chi connectivity index (χ2v) is 7.62. The number of phenols is 2. The molecule has 0 atom stereocenters. The summed E-state index contributed by atoms with van der Waals surface area (Å²) in [5.74, 6) is -0.726. The summed E-state index contributed by atoms with van der Waals surface area (Å²) < 4.78 is 0. The molecule has 0 fully saturated rings. The van der Waals surface area contributed by atoms with E-state index in [9.17, 15) is 10.2 Å². The summed E-state index contributed by atoms with van der Waals surface area (Å²) in [6, 6.07) is 0. The van der Waals surface area contributed by atoms with Gasteiger partial charge in [-0.2, -0.15) is 0 Å². The van der Waals surface area contributed by atoms with Crippen LogP contribution in [0.1, 0.15) is 0 Å². The van der Waals surface area contributed by atoms with Crippen molar-refractivity contribution >= 4 is 175 Å². The van der Waals surface area contributed by atoms with Gasteiger partial charge in [0.25, 0.3) is 0 Å². The molecule has 134 valence electrons. The summed E-state index contributed by atoms with van der Waals surface area (Å²) in [4.78, 5) is 0. The topological polar surface area (TPSA) is 40.5 Å². The van der Waals surface area contributed by atoms with Crippen molar-refractivity contribution in [2.24, 2.45) is 0 Å². The standard InChI is InChI=1S/2C6HCl5O.2Na/c2*7-1-2(8)4(10)6(12)5(11)3(1)9;;/h2*12H;;. The zero-order chi connectivity index (χ0) is 18.9. The molecule has 0 aliphatic heterocycles. The van der Waals surface area contributed by atoms with Crippen LogP contribution in [0.5, 0.6) is 11.5 Å². The van der Waals surface area contributed by atoms with Gasteiger partial charge in [0, 0.05) is 59.1 Å². The Bertz CT molecular complexity index is 538. The molecule has 0 heterocycles. The van der Waals surface area contributed by atoms with Crippen molar-refractivity contribution in [2.75, 3.05) is 0 Å². The normalized spacial score (nSPS) is 9.62. The predicted molar refractivity (Wildman–Crippen MR) is 118 cm³/mol. The van der Waals surface area contributed by atoms with Gasteiger partial charge in [-0.25, -0.2) is 0 Å². The van der Waals surface area contributed by atoms with Crippen molar-refractivity contribution in [1.29, 1.82) is 0 Å². The molecule has 0 bridgehead atoms. The van der Waals surface area contributed by atoms with Crippen molar-refractivity contribution in [1.82, 2.24) is 0 Å². The molecule has 2 radical (unpaired) electrons.